The van der Waals surface area contributed by atoms with Gasteiger partial charge in [-0.05, 0) is 42.0 Å². The summed E-state index contributed by atoms with van der Waals surface area (Å²) in [6.45, 7) is 2.21. The van der Waals surface area contributed by atoms with Gasteiger partial charge in [-0.3, -0.25) is 9.69 Å². The number of thioether (sulfide) groups is 1. The van der Waals surface area contributed by atoms with E-state index >= 15 is 0 Å². The highest BCUT2D eigenvalue weighted by molar-refractivity contribution is 7.99. The van der Waals surface area contributed by atoms with Crippen molar-refractivity contribution in [3.8, 4) is 0 Å². The quantitative estimate of drug-likeness (QED) is 0.674. The highest BCUT2D eigenvalue weighted by atomic mass is 35.5. The molecule has 0 aliphatic carbocycles. The second kappa shape index (κ2) is 10.7. The number of hydrogen-bond acceptors (Lipinski definition) is 4. The van der Waals surface area contributed by atoms with Gasteiger partial charge in [-0.25, -0.2) is 4.39 Å². The summed E-state index contributed by atoms with van der Waals surface area (Å²) in [5, 5.41) is 6.05. The van der Waals surface area contributed by atoms with Gasteiger partial charge in [0.05, 0.1) is 6.54 Å². The Bertz CT molecular complexity index is 779. The third-order valence-electron chi connectivity index (χ3n) is 4.30. The van der Waals surface area contributed by atoms with Crippen molar-refractivity contribution >= 4 is 35.8 Å². The molecule has 9 heteroatoms. The molecule has 0 spiro atoms. The first-order valence-corrected chi connectivity index (χ1v) is 9.44. The Labute approximate surface area is 172 Å². The zero-order valence-electron chi connectivity index (χ0n) is 14.9. The van der Waals surface area contributed by atoms with E-state index in [1.54, 1.807) is 30.3 Å². The minimum absolute atomic E-state index is 0. The summed E-state index contributed by atoms with van der Waals surface area (Å²) in [5.41, 5.74) is 1.37. The minimum atomic E-state index is -2.47. The van der Waals surface area contributed by atoms with Crippen LogP contribution in [0.3, 0.4) is 0 Å². The predicted molar refractivity (Wildman–Crippen MR) is 108 cm³/mol. The summed E-state index contributed by atoms with van der Waals surface area (Å²) in [5.74, 6) is -2.98. The number of piperazine rings is 1. The molecule has 3 rings (SSSR count). The van der Waals surface area contributed by atoms with Crippen LogP contribution in [0.15, 0.2) is 53.4 Å². The number of nitrogens with zero attached hydrogens (tertiary/aromatic N) is 1. The van der Waals surface area contributed by atoms with E-state index in [2.05, 4.69) is 10.6 Å². The monoisotopic (exact) mass is 431 g/mol. The fourth-order valence-electron chi connectivity index (χ4n) is 3.08. The van der Waals surface area contributed by atoms with Crippen molar-refractivity contribution in [2.45, 2.75) is 16.7 Å². The molecule has 1 atom stereocenters. The van der Waals surface area contributed by atoms with E-state index in [1.165, 1.54) is 12.1 Å². The highest BCUT2D eigenvalue weighted by Crippen LogP contribution is 2.26. The molecule has 0 radical (unpaired) electrons. The molecule has 1 heterocycles. The van der Waals surface area contributed by atoms with Crippen LogP contribution in [0.25, 0.3) is 0 Å². The average Bonchev–Trinajstić information content (AvgIpc) is 2.63. The third-order valence-corrected chi connectivity index (χ3v) is 5.02. The molecule has 2 aromatic carbocycles. The lowest BCUT2D eigenvalue weighted by Crippen LogP contribution is -2.48. The van der Waals surface area contributed by atoms with E-state index in [-0.39, 0.29) is 36.7 Å². The number of amides is 1. The van der Waals surface area contributed by atoms with Crippen molar-refractivity contribution in [1.82, 2.24) is 10.2 Å². The Morgan fingerprint density at radius 1 is 1.25 bits per heavy atom. The number of halogens is 4. The molecule has 1 unspecified atom stereocenters. The van der Waals surface area contributed by atoms with Crippen molar-refractivity contribution in [3.63, 3.8) is 0 Å². The first kappa shape index (κ1) is 22.5. The largest absolute Gasteiger partial charge is 0.325 e. The summed E-state index contributed by atoms with van der Waals surface area (Å²) in [6.07, 6.45) is 0. The summed E-state index contributed by atoms with van der Waals surface area (Å²) < 4.78 is 38.2. The molecule has 1 saturated heterocycles. The van der Waals surface area contributed by atoms with Gasteiger partial charge in [0, 0.05) is 36.3 Å². The number of anilines is 1. The molecule has 4 nitrogen and oxygen atoms in total. The van der Waals surface area contributed by atoms with Crippen molar-refractivity contribution in [3.05, 3.63) is 59.9 Å². The van der Waals surface area contributed by atoms with Crippen LogP contribution in [-0.4, -0.2) is 42.7 Å². The van der Waals surface area contributed by atoms with Gasteiger partial charge in [0.25, 0.3) is 5.76 Å². The van der Waals surface area contributed by atoms with Crippen molar-refractivity contribution < 1.29 is 18.0 Å². The van der Waals surface area contributed by atoms with Crippen LogP contribution in [0.2, 0.25) is 0 Å². The molecule has 2 N–H and O–H groups in total. The molecule has 0 bridgehead atoms. The summed E-state index contributed by atoms with van der Waals surface area (Å²) in [4.78, 5) is 14.9. The van der Waals surface area contributed by atoms with Crippen LogP contribution in [0.5, 0.6) is 0 Å². The Kier molecular flexibility index (Phi) is 8.62. The Balaban J connectivity index is 0.00000280. The van der Waals surface area contributed by atoms with Crippen LogP contribution in [0.1, 0.15) is 11.6 Å². The van der Waals surface area contributed by atoms with Crippen molar-refractivity contribution in [2.75, 3.05) is 31.5 Å². The highest BCUT2D eigenvalue weighted by Gasteiger charge is 2.25. The molecule has 1 aliphatic rings. The maximum atomic E-state index is 13.5. The maximum Gasteiger partial charge on any atom is 0.288 e. The van der Waals surface area contributed by atoms with Gasteiger partial charge in [-0.1, -0.05) is 23.9 Å². The number of benzene rings is 2. The lowest BCUT2D eigenvalue weighted by atomic mass is 10.0. The SMILES string of the molecule is Cl.O=C(CN1CCNCC1c1cccc(F)c1)Nc1ccc(SC(F)F)cc1. The lowest BCUT2D eigenvalue weighted by molar-refractivity contribution is -0.118. The minimum Gasteiger partial charge on any atom is -0.325 e. The normalized spacial score (nSPS) is 17.2. The fourth-order valence-corrected chi connectivity index (χ4v) is 3.58. The molecule has 152 valence electrons. The van der Waals surface area contributed by atoms with Crippen LogP contribution in [-0.2, 0) is 4.79 Å². The molecule has 0 aromatic heterocycles. The number of rotatable bonds is 6. The number of alkyl halides is 2. The molecular formula is C19H21ClF3N3OS. The standard InChI is InChI=1S/C19H20F3N3OS.ClH/c20-14-3-1-2-13(10-14)17-11-23-8-9-25(17)12-18(26)24-15-4-6-16(7-5-15)27-19(21)22;/h1-7,10,17,19,23H,8-9,11-12H2,(H,24,26);1H. The lowest BCUT2D eigenvalue weighted by Gasteiger charge is -2.36. The molecule has 0 saturated carbocycles. The average molecular weight is 432 g/mol. The number of hydrogen-bond donors (Lipinski definition) is 2. The first-order valence-electron chi connectivity index (χ1n) is 8.56. The Morgan fingerprint density at radius 2 is 2.00 bits per heavy atom. The van der Waals surface area contributed by atoms with E-state index in [9.17, 15) is 18.0 Å². The summed E-state index contributed by atoms with van der Waals surface area (Å²) in [6, 6.07) is 12.6. The topological polar surface area (TPSA) is 44.4 Å². The molecule has 1 amide bonds. The van der Waals surface area contributed by atoms with Gasteiger partial charge in [-0.2, -0.15) is 8.78 Å². The number of carbonyl (C=O) groups is 1. The van der Waals surface area contributed by atoms with Crippen molar-refractivity contribution in [1.29, 1.82) is 0 Å². The molecular weight excluding hydrogens is 411 g/mol. The van der Waals surface area contributed by atoms with E-state index in [4.69, 9.17) is 0 Å². The fraction of sp³-hybridized carbons (Fsp3) is 0.316. The van der Waals surface area contributed by atoms with E-state index < -0.39 is 5.76 Å². The second-order valence-corrected chi connectivity index (χ2v) is 7.26. The summed E-state index contributed by atoms with van der Waals surface area (Å²) in [7, 11) is 0. The number of carbonyl (C=O) groups excluding carboxylic acids is 1. The Hall–Kier alpha value is -1.74. The maximum absolute atomic E-state index is 13.5. The van der Waals surface area contributed by atoms with Crippen LogP contribution >= 0.6 is 24.2 Å². The van der Waals surface area contributed by atoms with Gasteiger partial charge < -0.3 is 10.6 Å². The molecule has 28 heavy (non-hydrogen) atoms. The first-order chi connectivity index (χ1) is 13.0. The zero-order chi connectivity index (χ0) is 19.2. The summed E-state index contributed by atoms with van der Waals surface area (Å²) >= 11 is 0.462. The van der Waals surface area contributed by atoms with Gasteiger partial charge in [0.2, 0.25) is 5.91 Å². The van der Waals surface area contributed by atoms with Gasteiger partial charge in [0.15, 0.2) is 0 Å². The van der Waals surface area contributed by atoms with Gasteiger partial charge in [-0.15, -0.1) is 12.4 Å². The molecule has 1 aliphatic heterocycles. The predicted octanol–water partition coefficient (Wildman–Crippen LogP) is 4.15. The Morgan fingerprint density at radius 3 is 2.68 bits per heavy atom. The molecule has 1 fully saturated rings. The second-order valence-electron chi connectivity index (χ2n) is 6.20. The zero-order valence-corrected chi connectivity index (χ0v) is 16.5. The van der Waals surface area contributed by atoms with Gasteiger partial charge in [0.1, 0.15) is 5.82 Å². The van der Waals surface area contributed by atoms with E-state index in [0.29, 0.717) is 35.4 Å². The van der Waals surface area contributed by atoms with E-state index in [0.717, 1.165) is 12.1 Å². The van der Waals surface area contributed by atoms with Crippen LogP contribution in [0.4, 0.5) is 18.9 Å². The number of nitrogens with one attached hydrogen (secondary N) is 2. The van der Waals surface area contributed by atoms with Crippen LogP contribution < -0.4 is 10.6 Å². The van der Waals surface area contributed by atoms with E-state index in [1.807, 2.05) is 11.0 Å². The smallest absolute Gasteiger partial charge is 0.288 e. The van der Waals surface area contributed by atoms with Crippen molar-refractivity contribution in [2.24, 2.45) is 0 Å². The van der Waals surface area contributed by atoms with Crippen LogP contribution in [0, 0.1) is 5.82 Å². The van der Waals surface area contributed by atoms with Gasteiger partial charge >= 0.3 is 0 Å². The third kappa shape index (κ3) is 6.41. The molecule has 2 aromatic rings.